The van der Waals surface area contributed by atoms with E-state index in [-0.39, 0.29) is 11.9 Å². The average molecular weight is 327 g/mol. The van der Waals surface area contributed by atoms with Crippen molar-refractivity contribution in [1.29, 1.82) is 0 Å². The van der Waals surface area contributed by atoms with E-state index >= 15 is 0 Å². The second kappa shape index (κ2) is 6.15. The fraction of sp³-hybridized carbons (Fsp3) is 0.562. The highest BCUT2D eigenvalue weighted by atomic mass is 35.5. The fourth-order valence-corrected chi connectivity index (χ4v) is 3.97. The maximum absolute atomic E-state index is 12.5. The molecule has 3 nitrogen and oxygen atoms in total. The summed E-state index contributed by atoms with van der Waals surface area (Å²) in [4.78, 5) is 12.5. The van der Waals surface area contributed by atoms with Gasteiger partial charge in [-0.25, -0.2) is 0 Å². The topological polar surface area (TPSA) is 41.1 Å². The van der Waals surface area contributed by atoms with E-state index in [2.05, 4.69) is 10.6 Å². The van der Waals surface area contributed by atoms with Gasteiger partial charge in [0.1, 0.15) is 0 Å². The second-order valence-electron chi connectivity index (χ2n) is 6.15. The van der Waals surface area contributed by atoms with Crippen LogP contribution in [-0.2, 0) is 4.79 Å². The molecular weight excluding hydrogens is 307 g/mol. The number of benzene rings is 1. The molecule has 114 valence electrons. The SMILES string of the molecule is Cc1ccc(Cl)c(NC(=O)C2CC3CCCCC3N2)c1Cl. The summed E-state index contributed by atoms with van der Waals surface area (Å²) in [6, 6.07) is 3.98. The minimum absolute atomic E-state index is 0.0289. The van der Waals surface area contributed by atoms with Crippen molar-refractivity contribution in [2.45, 2.75) is 51.1 Å². The molecule has 1 heterocycles. The van der Waals surface area contributed by atoms with Crippen LogP contribution < -0.4 is 10.6 Å². The number of anilines is 1. The summed E-state index contributed by atoms with van der Waals surface area (Å²) in [5, 5.41) is 7.37. The molecule has 3 unspecified atom stereocenters. The largest absolute Gasteiger partial charge is 0.322 e. The van der Waals surface area contributed by atoms with Crippen LogP contribution >= 0.6 is 23.2 Å². The third kappa shape index (κ3) is 3.05. The zero-order valence-electron chi connectivity index (χ0n) is 12.1. The predicted molar refractivity (Wildman–Crippen MR) is 87.1 cm³/mol. The van der Waals surface area contributed by atoms with Gasteiger partial charge in [-0.15, -0.1) is 0 Å². The molecule has 5 heteroatoms. The summed E-state index contributed by atoms with van der Waals surface area (Å²) in [7, 11) is 0. The fourth-order valence-electron chi connectivity index (χ4n) is 3.50. The van der Waals surface area contributed by atoms with Crippen LogP contribution in [0.15, 0.2) is 12.1 Å². The molecule has 0 bridgehead atoms. The van der Waals surface area contributed by atoms with Crippen LogP contribution in [0.2, 0.25) is 10.0 Å². The number of fused-ring (bicyclic) bond motifs is 1. The first kappa shape index (κ1) is 15.1. The number of nitrogens with one attached hydrogen (secondary N) is 2. The van der Waals surface area contributed by atoms with Crippen LogP contribution in [0.3, 0.4) is 0 Å². The van der Waals surface area contributed by atoms with Crippen LogP contribution in [0.25, 0.3) is 0 Å². The third-order valence-corrected chi connectivity index (χ3v) is 5.51. The van der Waals surface area contributed by atoms with E-state index in [9.17, 15) is 4.79 Å². The van der Waals surface area contributed by atoms with Gasteiger partial charge in [0.15, 0.2) is 0 Å². The molecule has 2 N–H and O–H groups in total. The Morgan fingerprint density at radius 1 is 1.29 bits per heavy atom. The lowest BCUT2D eigenvalue weighted by molar-refractivity contribution is -0.117. The number of carbonyl (C=O) groups is 1. The van der Waals surface area contributed by atoms with Gasteiger partial charge in [0.05, 0.1) is 21.8 Å². The molecule has 2 fully saturated rings. The number of rotatable bonds is 2. The summed E-state index contributed by atoms with van der Waals surface area (Å²) in [5.41, 5.74) is 1.43. The van der Waals surface area contributed by atoms with Gasteiger partial charge in [0, 0.05) is 6.04 Å². The molecule has 1 aromatic carbocycles. The molecule has 1 aromatic rings. The van der Waals surface area contributed by atoms with E-state index < -0.39 is 0 Å². The minimum Gasteiger partial charge on any atom is -0.322 e. The molecule has 2 aliphatic rings. The Kier molecular flexibility index (Phi) is 4.43. The average Bonchev–Trinajstić information content (AvgIpc) is 2.91. The van der Waals surface area contributed by atoms with Crippen molar-refractivity contribution in [3.05, 3.63) is 27.7 Å². The summed E-state index contributed by atoms with van der Waals surface area (Å²) in [6.07, 6.45) is 5.87. The van der Waals surface area contributed by atoms with Crippen LogP contribution in [0.5, 0.6) is 0 Å². The number of hydrogen-bond acceptors (Lipinski definition) is 2. The summed E-state index contributed by atoms with van der Waals surface area (Å²) in [6.45, 7) is 1.90. The van der Waals surface area contributed by atoms with E-state index in [1.54, 1.807) is 6.07 Å². The van der Waals surface area contributed by atoms with Gasteiger partial charge in [0.2, 0.25) is 5.91 Å². The third-order valence-electron chi connectivity index (χ3n) is 4.71. The minimum atomic E-state index is -0.134. The first-order valence-electron chi connectivity index (χ1n) is 7.58. The lowest BCUT2D eigenvalue weighted by Crippen LogP contribution is -2.40. The van der Waals surface area contributed by atoms with Crippen molar-refractivity contribution >= 4 is 34.8 Å². The number of amides is 1. The smallest absolute Gasteiger partial charge is 0.241 e. The molecule has 0 spiro atoms. The van der Waals surface area contributed by atoms with Gasteiger partial charge in [-0.1, -0.05) is 42.1 Å². The van der Waals surface area contributed by atoms with Crippen molar-refractivity contribution in [1.82, 2.24) is 5.32 Å². The Morgan fingerprint density at radius 2 is 2.05 bits per heavy atom. The molecular formula is C16H20Cl2N2O. The standard InChI is InChI=1S/C16H20Cl2N2O/c1-9-6-7-11(17)15(14(9)18)20-16(21)13-8-10-4-2-3-5-12(10)19-13/h6-7,10,12-13,19H,2-5,8H2,1H3,(H,20,21). The quantitative estimate of drug-likeness (QED) is 0.856. The van der Waals surface area contributed by atoms with E-state index in [1.807, 2.05) is 13.0 Å². The Morgan fingerprint density at radius 3 is 2.81 bits per heavy atom. The normalized spacial score (nSPS) is 28.2. The Labute approximate surface area is 135 Å². The van der Waals surface area contributed by atoms with Gasteiger partial charge in [0.25, 0.3) is 0 Å². The Hall–Kier alpha value is -0.770. The van der Waals surface area contributed by atoms with Crippen molar-refractivity contribution in [2.75, 3.05) is 5.32 Å². The molecule has 1 aliphatic carbocycles. The number of halogens is 2. The van der Waals surface area contributed by atoms with Crippen molar-refractivity contribution in [2.24, 2.45) is 5.92 Å². The zero-order chi connectivity index (χ0) is 15.0. The van der Waals surface area contributed by atoms with Crippen LogP contribution in [-0.4, -0.2) is 18.0 Å². The lowest BCUT2D eigenvalue weighted by atomic mass is 9.85. The molecule has 0 aromatic heterocycles. The molecule has 3 rings (SSSR count). The van der Waals surface area contributed by atoms with Crippen LogP contribution in [0.1, 0.15) is 37.7 Å². The zero-order valence-corrected chi connectivity index (χ0v) is 13.6. The van der Waals surface area contributed by atoms with Gasteiger partial charge < -0.3 is 10.6 Å². The predicted octanol–water partition coefficient (Wildman–Crippen LogP) is 4.16. The molecule has 0 radical (unpaired) electrons. The number of hydrogen-bond donors (Lipinski definition) is 2. The van der Waals surface area contributed by atoms with Gasteiger partial charge in [-0.05, 0) is 43.7 Å². The number of carbonyl (C=O) groups excluding carboxylic acids is 1. The van der Waals surface area contributed by atoms with Gasteiger partial charge in [-0.3, -0.25) is 4.79 Å². The molecule has 1 saturated heterocycles. The van der Waals surface area contributed by atoms with E-state index in [4.69, 9.17) is 23.2 Å². The molecule has 3 atom stereocenters. The first-order chi connectivity index (χ1) is 10.1. The second-order valence-corrected chi connectivity index (χ2v) is 6.93. The molecule has 1 amide bonds. The highest BCUT2D eigenvalue weighted by Crippen LogP contribution is 2.35. The molecule has 1 saturated carbocycles. The van der Waals surface area contributed by atoms with Crippen LogP contribution in [0, 0.1) is 12.8 Å². The van der Waals surface area contributed by atoms with Crippen molar-refractivity contribution in [3.8, 4) is 0 Å². The Bertz CT molecular complexity index is 547. The van der Waals surface area contributed by atoms with E-state index in [0.717, 1.165) is 12.0 Å². The molecule has 21 heavy (non-hydrogen) atoms. The van der Waals surface area contributed by atoms with Crippen LogP contribution in [0.4, 0.5) is 5.69 Å². The maximum Gasteiger partial charge on any atom is 0.241 e. The monoisotopic (exact) mass is 326 g/mol. The van der Waals surface area contributed by atoms with Gasteiger partial charge >= 0.3 is 0 Å². The van der Waals surface area contributed by atoms with E-state index in [0.29, 0.717) is 27.7 Å². The summed E-state index contributed by atoms with van der Waals surface area (Å²) in [5.74, 6) is 0.608. The highest BCUT2D eigenvalue weighted by Gasteiger charge is 2.38. The van der Waals surface area contributed by atoms with Crippen molar-refractivity contribution in [3.63, 3.8) is 0 Å². The highest BCUT2D eigenvalue weighted by molar-refractivity contribution is 6.40. The first-order valence-corrected chi connectivity index (χ1v) is 8.33. The molecule has 1 aliphatic heterocycles. The van der Waals surface area contributed by atoms with Gasteiger partial charge in [-0.2, -0.15) is 0 Å². The summed E-state index contributed by atoms with van der Waals surface area (Å²) >= 11 is 12.4. The Balaban J connectivity index is 1.71. The number of aryl methyl sites for hydroxylation is 1. The lowest BCUT2D eigenvalue weighted by Gasteiger charge is -2.24. The maximum atomic E-state index is 12.5. The van der Waals surface area contributed by atoms with Crippen molar-refractivity contribution < 1.29 is 4.79 Å². The van der Waals surface area contributed by atoms with E-state index in [1.165, 1.54) is 25.7 Å². The summed E-state index contributed by atoms with van der Waals surface area (Å²) < 4.78 is 0.